The first-order valence-corrected chi connectivity index (χ1v) is 8.54. The Bertz CT molecular complexity index is 561. The number of benzene rings is 1. The number of carbonyl (C=O) groups excluding carboxylic acids is 2. The van der Waals surface area contributed by atoms with E-state index in [1.807, 2.05) is 24.3 Å². The first-order chi connectivity index (χ1) is 12.5. The molecule has 146 valence electrons. The molecule has 3 N–H and O–H groups in total. The maximum Gasteiger partial charge on any atom is 0.406 e. The minimum absolute atomic E-state index is 0.0784. The lowest BCUT2D eigenvalue weighted by Crippen LogP contribution is -2.44. The number of alkyl carbamates (subject to hydrolysis) is 1. The summed E-state index contributed by atoms with van der Waals surface area (Å²) in [5.41, 5.74) is 5.14. The van der Waals surface area contributed by atoms with E-state index < -0.39 is 6.09 Å². The van der Waals surface area contributed by atoms with Gasteiger partial charge in [-0.05, 0) is 24.7 Å². The van der Waals surface area contributed by atoms with Crippen LogP contribution in [0.1, 0.15) is 11.7 Å². The molecule has 1 aromatic carbocycles. The van der Waals surface area contributed by atoms with Crippen molar-refractivity contribution in [3.8, 4) is 0 Å². The standard InChI is InChI=1S/C16H23ClN2O4.CH3NO/c1-19-7-9-22-14(11-19)15(12-4-3-5-13(17)10-12)23-8-6-18-16(20)21-2;2-1-3/h3-5,10,14-15H,6-9,11H2,1-2H3,(H,18,20);1H,(H2,2,3). The second kappa shape index (κ2) is 12.5. The van der Waals surface area contributed by atoms with E-state index in [9.17, 15) is 4.79 Å². The Hall–Kier alpha value is -1.87. The molecule has 1 saturated heterocycles. The van der Waals surface area contributed by atoms with Crippen molar-refractivity contribution >= 4 is 24.1 Å². The molecule has 1 aliphatic heterocycles. The molecule has 0 aromatic heterocycles. The monoisotopic (exact) mass is 387 g/mol. The van der Waals surface area contributed by atoms with E-state index in [0.29, 0.717) is 24.8 Å². The van der Waals surface area contributed by atoms with Crippen molar-refractivity contribution in [1.82, 2.24) is 10.2 Å². The van der Waals surface area contributed by atoms with Gasteiger partial charge < -0.3 is 30.2 Å². The molecule has 2 atom stereocenters. The summed E-state index contributed by atoms with van der Waals surface area (Å²) in [6.45, 7) is 3.08. The Morgan fingerprint density at radius 1 is 1.58 bits per heavy atom. The van der Waals surface area contributed by atoms with E-state index in [0.717, 1.165) is 18.7 Å². The molecule has 26 heavy (non-hydrogen) atoms. The third-order valence-corrected chi connectivity index (χ3v) is 3.90. The second-order valence-electron chi connectivity index (χ2n) is 5.57. The van der Waals surface area contributed by atoms with Gasteiger partial charge in [0.05, 0.1) is 20.3 Å². The van der Waals surface area contributed by atoms with Crippen LogP contribution in [0.2, 0.25) is 5.02 Å². The Morgan fingerprint density at radius 2 is 2.31 bits per heavy atom. The van der Waals surface area contributed by atoms with E-state index in [2.05, 4.69) is 27.7 Å². The van der Waals surface area contributed by atoms with E-state index in [1.54, 1.807) is 0 Å². The number of primary amides is 1. The average Bonchev–Trinajstić information content (AvgIpc) is 2.62. The van der Waals surface area contributed by atoms with Gasteiger partial charge in [-0.2, -0.15) is 0 Å². The number of halogens is 1. The van der Waals surface area contributed by atoms with Gasteiger partial charge >= 0.3 is 6.09 Å². The number of ether oxygens (including phenoxy) is 3. The SMILES string of the molecule is COC(=O)NCCOC(c1cccc(Cl)c1)C1CN(C)CCO1.NC=O. The molecule has 9 heteroatoms. The minimum atomic E-state index is -0.471. The topological polar surface area (TPSA) is 103 Å². The number of amides is 2. The first-order valence-electron chi connectivity index (χ1n) is 8.16. The fourth-order valence-corrected chi connectivity index (χ4v) is 2.71. The zero-order valence-corrected chi connectivity index (χ0v) is 15.8. The lowest BCUT2D eigenvalue weighted by molar-refractivity contribution is -0.109. The number of hydrogen-bond acceptors (Lipinski definition) is 6. The summed E-state index contributed by atoms with van der Waals surface area (Å²) < 4.78 is 16.4. The summed E-state index contributed by atoms with van der Waals surface area (Å²) in [4.78, 5) is 21.9. The van der Waals surface area contributed by atoms with Crippen LogP contribution in [0.25, 0.3) is 0 Å². The van der Waals surface area contributed by atoms with Crippen LogP contribution in [0.5, 0.6) is 0 Å². The van der Waals surface area contributed by atoms with E-state index in [4.69, 9.17) is 25.9 Å². The summed E-state index contributed by atoms with van der Waals surface area (Å²) in [6, 6.07) is 7.59. The number of morpholine rings is 1. The molecule has 0 radical (unpaired) electrons. The smallest absolute Gasteiger partial charge is 0.406 e. The second-order valence-corrected chi connectivity index (χ2v) is 6.01. The third-order valence-electron chi connectivity index (χ3n) is 3.67. The summed E-state index contributed by atoms with van der Waals surface area (Å²) in [5, 5.41) is 3.26. The van der Waals surface area contributed by atoms with Gasteiger partial charge in [0.25, 0.3) is 0 Å². The van der Waals surface area contributed by atoms with E-state index in [1.165, 1.54) is 7.11 Å². The summed E-state index contributed by atoms with van der Waals surface area (Å²) in [6.07, 6.45) is -0.539. The average molecular weight is 388 g/mol. The highest BCUT2D eigenvalue weighted by Gasteiger charge is 2.29. The van der Waals surface area contributed by atoms with Crippen LogP contribution in [0.3, 0.4) is 0 Å². The molecule has 1 aliphatic rings. The maximum atomic E-state index is 11.1. The molecular formula is C17H26ClN3O5. The molecular weight excluding hydrogens is 362 g/mol. The zero-order valence-electron chi connectivity index (χ0n) is 15.0. The van der Waals surface area contributed by atoms with E-state index in [-0.39, 0.29) is 18.6 Å². The number of nitrogens with zero attached hydrogens (tertiary/aromatic N) is 1. The van der Waals surface area contributed by atoms with Crippen molar-refractivity contribution in [1.29, 1.82) is 0 Å². The van der Waals surface area contributed by atoms with Gasteiger partial charge in [0.1, 0.15) is 12.2 Å². The summed E-state index contributed by atoms with van der Waals surface area (Å²) >= 11 is 6.10. The van der Waals surface area contributed by atoms with Gasteiger partial charge in [0.15, 0.2) is 0 Å². The number of methoxy groups -OCH3 is 1. The molecule has 1 heterocycles. The highest BCUT2D eigenvalue weighted by molar-refractivity contribution is 6.30. The van der Waals surface area contributed by atoms with Crippen LogP contribution < -0.4 is 11.1 Å². The van der Waals surface area contributed by atoms with Gasteiger partial charge in [0.2, 0.25) is 6.41 Å². The molecule has 2 amide bonds. The largest absolute Gasteiger partial charge is 0.453 e. The Kier molecular flexibility index (Phi) is 10.6. The van der Waals surface area contributed by atoms with Gasteiger partial charge in [-0.1, -0.05) is 23.7 Å². The van der Waals surface area contributed by atoms with Crippen LogP contribution in [-0.4, -0.2) is 70.5 Å². The number of nitrogens with one attached hydrogen (secondary N) is 1. The number of nitrogens with two attached hydrogens (primary N) is 1. The van der Waals surface area contributed by atoms with Crippen molar-refractivity contribution in [2.75, 3.05) is 47.0 Å². The Morgan fingerprint density at radius 3 is 2.92 bits per heavy atom. The normalized spacial score (nSPS) is 18.2. The van der Waals surface area contributed by atoms with Gasteiger partial charge in [-0.25, -0.2) is 4.79 Å². The maximum absolute atomic E-state index is 11.1. The molecule has 2 rings (SSSR count). The molecule has 0 aliphatic carbocycles. The van der Waals surface area contributed by atoms with Crippen LogP contribution in [0.4, 0.5) is 4.79 Å². The highest BCUT2D eigenvalue weighted by Crippen LogP contribution is 2.27. The van der Waals surface area contributed by atoms with Crippen LogP contribution >= 0.6 is 11.6 Å². The fraction of sp³-hybridized carbons (Fsp3) is 0.529. The quantitative estimate of drug-likeness (QED) is 0.561. The van der Waals surface area contributed by atoms with Crippen molar-refractivity contribution in [3.63, 3.8) is 0 Å². The molecule has 2 unspecified atom stereocenters. The Balaban J connectivity index is 0.00000105. The van der Waals surface area contributed by atoms with Crippen molar-refractivity contribution in [2.45, 2.75) is 12.2 Å². The highest BCUT2D eigenvalue weighted by atomic mass is 35.5. The predicted octanol–water partition coefficient (Wildman–Crippen LogP) is 1.19. The number of carbonyl (C=O) groups is 2. The van der Waals surface area contributed by atoms with Crippen LogP contribution in [0.15, 0.2) is 24.3 Å². The molecule has 8 nitrogen and oxygen atoms in total. The van der Waals surface area contributed by atoms with Crippen molar-refractivity contribution in [2.24, 2.45) is 5.73 Å². The Labute approximate surface area is 158 Å². The molecule has 0 bridgehead atoms. The molecule has 1 aromatic rings. The molecule has 1 fully saturated rings. The first kappa shape index (κ1) is 22.2. The van der Waals surface area contributed by atoms with Crippen LogP contribution in [-0.2, 0) is 19.0 Å². The number of hydrogen-bond donors (Lipinski definition) is 2. The summed E-state index contributed by atoms with van der Waals surface area (Å²) in [7, 11) is 3.39. The lowest BCUT2D eigenvalue weighted by Gasteiger charge is -2.35. The molecule has 0 saturated carbocycles. The third kappa shape index (κ3) is 8.01. The van der Waals surface area contributed by atoms with Crippen molar-refractivity contribution < 1.29 is 23.8 Å². The predicted molar refractivity (Wildman–Crippen MR) is 98.0 cm³/mol. The fourth-order valence-electron chi connectivity index (χ4n) is 2.51. The van der Waals surface area contributed by atoms with Gasteiger partial charge in [-0.15, -0.1) is 0 Å². The van der Waals surface area contributed by atoms with Gasteiger partial charge in [-0.3, -0.25) is 4.79 Å². The zero-order chi connectivity index (χ0) is 19.4. The minimum Gasteiger partial charge on any atom is -0.453 e. The summed E-state index contributed by atoms with van der Waals surface area (Å²) in [5.74, 6) is 0. The lowest BCUT2D eigenvalue weighted by atomic mass is 10.0. The number of likely N-dealkylation sites (N-methyl/N-ethyl adjacent to an activating group) is 1. The van der Waals surface area contributed by atoms with E-state index >= 15 is 0 Å². The molecule has 0 spiro atoms. The van der Waals surface area contributed by atoms with Gasteiger partial charge in [0, 0.05) is 24.7 Å². The van der Waals surface area contributed by atoms with Crippen molar-refractivity contribution in [3.05, 3.63) is 34.9 Å². The van der Waals surface area contributed by atoms with Crippen LogP contribution in [0, 0.1) is 0 Å². The number of rotatable bonds is 6.